The van der Waals surface area contributed by atoms with Crippen molar-refractivity contribution in [2.75, 3.05) is 66.4 Å². The van der Waals surface area contributed by atoms with Gasteiger partial charge >= 0.3 is 11.9 Å². The fraction of sp³-hybridized carbons (Fsp3) is 0.844. The molecule has 0 bridgehead atoms. The van der Waals surface area contributed by atoms with Crippen molar-refractivity contribution in [3.05, 3.63) is 0 Å². The van der Waals surface area contributed by atoms with E-state index in [9.17, 15) is 38.7 Å². The molecule has 16 heteroatoms. The SMILES string of the molecule is CCCCC(=O)CC[C@H](NC(=O)CCCCCCCCCCCCCCCCC(=O)O)C(=O)O.COCCOCC(=O)NCCOCCOCC(=O)NCCC[C@H](C)C(C)=O.[HH]. The van der Waals surface area contributed by atoms with Gasteiger partial charge in [0, 0.05) is 53.2 Å². The Balaban J connectivity index is -0.00000113. The van der Waals surface area contributed by atoms with Gasteiger partial charge in [0.1, 0.15) is 30.8 Å². The van der Waals surface area contributed by atoms with Crippen molar-refractivity contribution in [1.82, 2.24) is 16.0 Å². The van der Waals surface area contributed by atoms with Crippen LogP contribution in [0.3, 0.4) is 0 Å². The Morgan fingerprint density at radius 3 is 1.52 bits per heavy atom. The van der Waals surface area contributed by atoms with E-state index in [0.717, 1.165) is 64.2 Å². The maximum absolute atomic E-state index is 12.1. The minimum Gasteiger partial charge on any atom is -0.481 e. The van der Waals surface area contributed by atoms with Crippen molar-refractivity contribution in [1.29, 1.82) is 0 Å². The smallest absolute Gasteiger partial charge is 0.326 e. The average molecular weight is 876 g/mol. The molecule has 5 N–H and O–H groups in total. The summed E-state index contributed by atoms with van der Waals surface area (Å²) in [6.07, 6.45) is 20.4. The molecule has 358 valence electrons. The van der Waals surface area contributed by atoms with Crippen molar-refractivity contribution in [3.63, 3.8) is 0 Å². The molecular weight excluding hydrogens is 791 g/mol. The second-order valence-electron chi connectivity index (χ2n) is 15.5. The van der Waals surface area contributed by atoms with Crippen LogP contribution >= 0.6 is 0 Å². The van der Waals surface area contributed by atoms with E-state index in [0.29, 0.717) is 65.4 Å². The lowest BCUT2D eigenvalue weighted by atomic mass is 10.0. The van der Waals surface area contributed by atoms with Crippen LogP contribution in [0.1, 0.15) is 170 Å². The van der Waals surface area contributed by atoms with E-state index in [2.05, 4.69) is 16.0 Å². The highest BCUT2D eigenvalue weighted by molar-refractivity contribution is 5.84. The first-order valence-corrected chi connectivity index (χ1v) is 22.9. The van der Waals surface area contributed by atoms with E-state index >= 15 is 0 Å². The number of methoxy groups -OCH3 is 1. The summed E-state index contributed by atoms with van der Waals surface area (Å²) in [6, 6.07) is -0.977. The van der Waals surface area contributed by atoms with Crippen molar-refractivity contribution in [2.24, 2.45) is 5.92 Å². The number of unbranched alkanes of at least 4 members (excludes halogenated alkanes) is 14. The van der Waals surface area contributed by atoms with Gasteiger partial charge in [-0.2, -0.15) is 0 Å². The predicted molar refractivity (Wildman–Crippen MR) is 236 cm³/mol. The fourth-order valence-corrected chi connectivity index (χ4v) is 5.91. The number of rotatable bonds is 43. The molecule has 0 aromatic carbocycles. The highest BCUT2D eigenvalue weighted by Crippen LogP contribution is 2.14. The maximum Gasteiger partial charge on any atom is 0.326 e. The first-order chi connectivity index (χ1) is 29.3. The lowest BCUT2D eigenvalue weighted by Gasteiger charge is -2.14. The van der Waals surface area contributed by atoms with E-state index in [1.54, 1.807) is 14.0 Å². The minimum absolute atomic E-state index is 0. The van der Waals surface area contributed by atoms with Gasteiger partial charge in [-0.15, -0.1) is 0 Å². The lowest BCUT2D eigenvalue weighted by Crippen LogP contribution is -2.41. The summed E-state index contributed by atoms with van der Waals surface area (Å²) in [7, 11) is 1.57. The molecule has 0 spiro atoms. The summed E-state index contributed by atoms with van der Waals surface area (Å²) in [5.41, 5.74) is 0. The van der Waals surface area contributed by atoms with Crippen LogP contribution in [0.15, 0.2) is 0 Å². The third kappa shape index (κ3) is 45.9. The van der Waals surface area contributed by atoms with Crippen LogP contribution in [-0.4, -0.2) is 124 Å². The Kier molecular flexibility index (Phi) is 43.6. The number of ketones is 2. The molecule has 0 aliphatic heterocycles. The number of ether oxygens (including phenoxy) is 4. The predicted octanol–water partition coefficient (Wildman–Crippen LogP) is 6.59. The molecule has 2 atom stereocenters. The van der Waals surface area contributed by atoms with E-state index in [-0.39, 0.29) is 62.7 Å². The van der Waals surface area contributed by atoms with Crippen LogP contribution in [0.25, 0.3) is 0 Å². The number of hydrogen-bond donors (Lipinski definition) is 5. The summed E-state index contributed by atoms with van der Waals surface area (Å²) in [5.74, 6) is -2.15. The number of carboxylic acid groups (broad SMARTS) is 2. The molecule has 0 rings (SSSR count). The van der Waals surface area contributed by atoms with Crippen LogP contribution < -0.4 is 16.0 Å². The Bertz CT molecular complexity index is 1160. The van der Waals surface area contributed by atoms with Crippen LogP contribution in [0.4, 0.5) is 0 Å². The van der Waals surface area contributed by atoms with Crippen LogP contribution in [0.2, 0.25) is 0 Å². The number of amides is 3. The monoisotopic (exact) mass is 876 g/mol. The van der Waals surface area contributed by atoms with Gasteiger partial charge in [0.25, 0.3) is 0 Å². The normalized spacial score (nSPS) is 11.8. The summed E-state index contributed by atoms with van der Waals surface area (Å²) >= 11 is 0. The Hall–Kier alpha value is -3.47. The zero-order chi connectivity index (χ0) is 45.8. The van der Waals surface area contributed by atoms with Crippen molar-refractivity contribution < 1.29 is 64.1 Å². The number of carboxylic acids is 2. The van der Waals surface area contributed by atoms with E-state index in [1.807, 2.05) is 13.8 Å². The van der Waals surface area contributed by atoms with Gasteiger partial charge in [0.15, 0.2) is 0 Å². The molecule has 0 heterocycles. The molecule has 0 aromatic rings. The highest BCUT2D eigenvalue weighted by Gasteiger charge is 2.20. The number of Topliss-reactive ketones (excluding diaryl/α,β-unsaturated/α-hetero) is 2. The number of carbonyl (C=O) groups excluding carboxylic acids is 5. The molecule has 3 amide bonds. The highest BCUT2D eigenvalue weighted by atomic mass is 16.5. The lowest BCUT2D eigenvalue weighted by molar-refractivity contribution is -0.142. The van der Waals surface area contributed by atoms with E-state index in [4.69, 9.17) is 24.1 Å². The molecule has 0 unspecified atom stereocenters. The quantitative estimate of drug-likeness (QED) is 0.0408. The van der Waals surface area contributed by atoms with Gasteiger partial charge in [-0.1, -0.05) is 97.3 Å². The van der Waals surface area contributed by atoms with Gasteiger partial charge in [0.2, 0.25) is 17.7 Å². The Labute approximate surface area is 367 Å². The van der Waals surface area contributed by atoms with Crippen molar-refractivity contribution in [2.45, 2.75) is 174 Å². The van der Waals surface area contributed by atoms with Gasteiger partial charge in [-0.05, 0) is 45.4 Å². The van der Waals surface area contributed by atoms with Crippen molar-refractivity contribution in [3.8, 4) is 0 Å². The molecule has 0 aliphatic rings. The molecule has 61 heavy (non-hydrogen) atoms. The summed E-state index contributed by atoms with van der Waals surface area (Å²) in [4.78, 5) is 79.6. The fourth-order valence-electron chi connectivity index (χ4n) is 5.91. The number of hydrogen-bond acceptors (Lipinski definition) is 11. The third-order valence-electron chi connectivity index (χ3n) is 9.87. The average Bonchev–Trinajstić information content (AvgIpc) is 3.22. The number of carbonyl (C=O) groups is 7. The summed E-state index contributed by atoms with van der Waals surface area (Å²) in [6.45, 7) is 8.17. The number of aliphatic carboxylic acids is 2. The van der Waals surface area contributed by atoms with Gasteiger partial charge in [-0.25, -0.2) is 4.79 Å². The molecule has 0 radical (unpaired) electrons. The van der Waals surface area contributed by atoms with E-state index < -0.39 is 18.0 Å². The second-order valence-corrected chi connectivity index (χ2v) is 15.5. The van der Waals surface area contributed by atoms with Crippen LogP contribution in [0.5, 0.6) is 0 Å². The van der Waals surface area contributed by atoms with Crippen LogP contribution in [-0.2, 0) is 52.5 Å². The molecular formula is C45H85N3O13. The topological polar surface area (TPSA) is 233 Å². The third-order valence-corrected chi connectivity index (χ3v) is 9.87. The molecule has 0 saturated heterocycles. The Morgan fingerprint density at radius 2 is 1.03 bits per heavy atom. The first kappa shape index (κ1) is 59.6. The zero-order valence-corrected chi connectivity index (χ0v) is 38.2. The number of nitrogens with one attached hydrogen (secondary N) is 3. The van der Waals surface area contributed by atoms with E-state index in [1.165, 1.54) is 51.4 Å². The Morgan fingerprint density at radius 1 is 0.541 bits per heavy atom. The molecule has 0 saturated carbocycles. The minimum atomic E-state index is -1.08. The standard InChI is InChI=1S/C27H49NO6.C18H34N2O7.H2/c1-2-3-18-23(29)21-22-24(27(33)34)28-25(30)19-16-14-12-10-8-6-4-5-7-9-11-13-15-17-20-26(31)32;1-15(16(2)21)5-4-6-19-17(22)13-27-12-11-25-8-7-20-18(23)14-26-10-9-24-3;/h24H,2-22H2,1H3,(H,28,30)(H,31,32)(H,33,34);15H,4-14H2,1-3H3,(H,19,22)(H,20,23);1H/t24-;15-;/m00./s1. The van der Waals surface area contributed by atoms with Crippen LogP contribution in [0, 0.1) is 5.92 Å². The molecule has 16 nitrogen and oxygen atoms in total. The molecule has 0 aliphatic carbocycles. The van der Waals surface area contributed by atoms with Crippen molar-refractivity contribution >= 4 is 41.2 Å². The summed E-state index contributed by atoms with van der Waals surface area (Å²) in [5, 5.41) is 25.8. The maximum atomic E-state index is 12.1. The van der Waals surface area contributed by atoms with Gasteiger partial charge in [0.05, 0.1) is 33.0 Å². The van der Waals surface area contributed by atoms with Gasteiger partial charge in [-0.3, -0.25) is 28.8 Å². The second kappa shape index (κ2) is 44.6. The largest absolute Gasteiger partial charge is 0.481 e. The summed E-state index contributed by atoms with van der Waals surface area (Å²) < 4.78 is 20.4. The molecule has 0 aromatic heterocycles. The zero-order valence-electron chi connectivity index (χ0n) is 38.2. The first-order valence-electron chi connectivity index (χ1n) is 22.9. The molecule has 0 fully saturated rings. The van der Waals surface area contributed by atoms with Gasteiger partial charge < -0.3 is 45.1 Å².